The predicted octanol–water partition coefficient (Wildman–Crippen LogP) is 0.299. The molecule has 0 aromatic heterocycles. The number of carboxylic acid groups (broad SMARTS) is 2. The highest BCUT2D eigenvalue weighted by Gasteiger charge is 2.44. The summed E-state index contributed by atoms with van der Waals surface area (Å²) in [4.78, 5) is 21.5. The number of nitrogens with two attached hydrogens (primary N) is 1. The maximum atomic E-state index is 9.55. The van der Waals surface area contributed by atoms with E-state index >= 15 is 0 Å². The Hall–Kier alpha value is -1.44. The maximum Gasteiger partial charge on any atom is 0.328 e. The first-order valence-corrected chi connectivity index (χ1v) is 7.00. The molecule has 2 aliphatic rings. The second-order valence-electron chi connectivity index (χ2n) is 5.69. The lowest BCUT2D eigenvalue weighted by Crippen LogP contribution is -2.42. The number of carbonyl (C=O) groups is 2. The van der Waals surface area contributed by atoms with Gasteiger partial charge in [0, 0.05) is 31.3 Å². The Morgan fingerprint density at radius 1 is 1.24 bits per heavy atom. The van der Waals surface area contributed by atoms with Gasteiger partial charge in [0.05, 0.1) is 11.7 Å². The van der Waals surface area contributed by atoms with E-state index < -0.39 is 11.9 Å². The van der Waals surface area contributed by atoms with Gasteiger partial charge in [-0.3, -0.25) is 0 Å². The Kier molecular flexibility index (Phi) is 6.32. The summed E-state index contributed by atoms with van der Waals surface area (Å²) in [7, 11) is 2.17. The van der Waals surface area contributed by atoms with E-state index in [4.69, 9.17) is 20.7 Å². The van der Waals surface area contributed by atoms with Gasteiger partial charge in [-0.1, -0.05) is 0 Å². The van der Waals surface area contributed by atoms with Crippen LogP contribution in [0.3, 0.4) is 0 Å². The molecule has 2 unspecified atom stereocenters. The fourth-order valence-electron chi connectivity index (χ4n) is 2.62. The number of hydrogen-bond acceptors (Lipinski definition) is 5. The van der Waals surface area contributed by atoms with E-state index in [9.17, 15) is 9.59 Å². The minimum absolute atomic E-state index is 0.130. The normalized spacial score (nSPS) is 28.3. The average Bonchev–Trinajstić information content (AvgIpc) is 2.67. The molecule has 2 fully saturated rings. The van der Waals surface area contributed by atoms with Gasteiger partial charge in [0.2, 0.25) is 0 Å². The van der Waals surface area contributed by atoms with Crippen LogP contribution in [0.15, 0.2) is 12.2 Å². The smallest absolute Gasteiger partial charge is 0.328 e. The molecule has 0 amide bonds. The highest BCUT2D eigenvalue weighted by atomic mass is 16.5. The Morgan fingerprint density at radius 3 is 2.05 bits per heavy atom. The Labute approximate surface area is 124 Å². The van der Waals surface area contributed by atoms with Gasteiger partial charge < -0.3 is 25.6 Å². The van der Waals surface area contributed by atoms with Gasteiger partial charge in [-0.25, -0.2) is 9.59 Å². The molecular weight excluding hydrogens is 276 g/mol. The molecule has 7 heteroatoms. The van der Waals surface area contributed by atoms with Crippen LogP contribution in [0.4, 0.5) is 0 Å². The van der Waals surface area contributed by atoms with Crippen molar-refractivity contribution in [3.05, 3.63) is 12.2 Å². The fraction of sp³-hybridized carbons (Fsp3) is 0.714. The predicted molar refractivity (Wildman–Crippen MR) is 77.0 cm³/mol. The van der Waals surface area contributed by atoms with Crippen LogP contribution in [0.25, 0.3) is 0 Å². The molecule has 120 valence electrons. The second-order valence-corrected chi connectivity index (χ2v) is 5.69. The zero-order valence-corrected chi connectivity index (χ0v) is 12.5. The van der Waals surface area contributed by atoms with E-state index in [1.807, 2.05) is 0 Å². The van der Waals surface area contributed by atoms with Crippen molar-refractivity contribution in [3.8, 4) is 0 Å². The molecule has 2 rings (SSSR count). The second kappa shape index (κ2) is 7.53. The molecule has 0 aromatic carbocycles. The van der Waals surface area contributed by atoms with Crippen molar-refractivity contribution < 1.29 is 24.5 Å². The molecule has 2 aliphatic heterocycles. The molecule has 0 radical (unpaired) electrons. The fourth-order valence-corrected chi connectivity index (χ4v) is 2.62. The van der Waals surface area contributed by atoms with Crippen molar-refractivity contribution in [2.24, 2.45) is 5.73 Å². The van der Waals surface area contributed by atoms with Gasteiger partial charge in [0.25, 0.3) is 0 Å². The zero-order valence-electron chi connectivity index (χ0n) is 12.5. The van der Waals surface area contributed by atoms with Crippen molar-refractivity contribution in [2.45, 2.75) is 43.9 Å². The molecule has 0 aromatic rings. The van der Waals surface area contributed by atoms with E-state index in [1.165, 1.54) is 0 Å². The van der Waals surface area contributed by atoms with E-state index in [2.05, 4.69) is 18.9 Å². The number of aliphatic carboxylic acids is 2. The van der Waals surface area contributed by atoms with Crippen molar-refractivity contribution in [3.63, 3.8) is 0 Å². The van der Waals surface area contributed by atoms with E-state index in [0.717, 1.165) is 32.4 Å². The number of likely N-dealkylation sites (tertiary alicyclic amines) is 1. The van der Waals surface area contributed by atoms with E-state index in [-0.39, 0.29) is 17.7 Å². The minimum Gasteiger partial charge on any atom is -0.478 e. The third kappa shape index (κ3) is 5.82. The lowest BCUT2D eigenvalue weighted by molar-refractivity contribution is -0.134. The Morgan fingerprint density at radius 2 is 1.71 bits per heavy atom. The van der Waals surface area contributed by atoms with Gasteiger partial charge in [-0.05, 0) is 33.2 Å². The molecule has 7 nitrogen and oxygen atoms in total. The van der Waals surface area contributed by atoms with Gasteiger partial charge in [-0.2, -0.15) is 0 Å². The first-order valence-electron chi connectivity index (χ1n) is 7.00. The van der Waals surface area contributed by atoms with Gasteiger partial charge in [0.15, 0.2) is 0 Å². The third-order valence-electron chi connectivity index (χ3n) is 3.91. The molecule has 4 N–H and O–H groups in total. The summed E-state index contributed by atoms with van der Waals surface area (Å²) in [6, 6.07) is 0.253. The van der Waals surface area contributed by atoms with Gasteiger partial charge in [-0.15, -0.1) is 0 Å². The van der Waals surface area contributed by atoms with Crippen LogP contribution in [0.5, 0.6) is 0 Å². The summed E-state index contributed by atoms with van der Waals surface area (Å²) in [6.07, 6.45) is 4.74. The average molecular weight is 300 g/mol. The van der Waals surface area contributed by atoms with Crippen LogP contribution in [-0.4, -0.2) is 64.9 Å². The summed E-state index contributed by atoms with van der Waals surface area (Å²) >= 11 is 0. The summed E-state index contributed by atoms with van der Waals surface area (Å²) in [6.45, 7) is 4.40. The SMILES string of the molecule is CC1OC2(CCN(C)CC2)CC1N.O=C(O)/C=C\C(=O)O. The van der Waals surface area contributed by atoms with Crippen LogP contribution in [0, 0.1) is 0 Å². The molecule has 1 spiro atoms. The van der Waals surface area contributed by atoms with Gasteiger partial charge in [0.1, 0.15) is 0 Å². The molecule has 0 aliphatic carbocycles. The van der Waals surface area contributed by atoms with Crippen LogP contribution < -0.4 is 5.73 Å². The molecule has 2 saturated heterocycles. The minimum atomic E-state index is -1.26. The molecule has 21 heavy (non-hydrogen) atoms. The summed E-state index contributed by atoms with van der Waals surface area (Å²) in [5.74, 6) is -2.51. The summed E-state index contributed by atoms with van der Waals surface area (Å²) in [5, 5.41) is 15.6. The van der Waals surface area contributed by atoms with E-state index in [0.29, 0.717) is 12.2 Å². The quantitative estimate of drug-likeness (QED) is 0.628. The lowest BCUT2D eigenvalue weighted by atomic mass is 9.87. The van der Waals surface area contributed by atoms with Crippen molar-refractivity contribution in [2.75, 3.05) is 20.1 Å². The zero-order chi connectivity index (χ0) is 16.0. The standard InChI is InChI=1S/C10H20N2O.C4H4O4/c1-8-9(11)7-10(13-8)3-5-12(2)6-4-10;5-3(6)1-2-4(7)8/h8-9H,3-7,11H2,1-2H3;1-2H,(H,5,6)(H,7,8)/b;2-1-. The van der Waals surface area contributed by atoms with Crippen molar-refractivity contribution in [1.82, 2.24) is 4.90 Å². The third-order valence-corrected chi connectivity index (χ3v) is 3.91. The topological polar surface area (TPSA) is 113 Å². The Bertz CT molecular complexity index is 374. The van der Waals surface area contributed by atoms with Crippen LogP contribution in [0.1, 0.15) is 26.2 Å². The van der Waals surface area contributed by atoms with Crippen molar-refractivity contribution in [1.29, 1.82) is 0 Å². The van der Waals surface area contributed by atoms with E-state index in [1.54, 1.807) is 0 Å². The molecule has 0 saturated carbocycles. The van der Waals surface area contributed by atoms with Crippen LogP contribution in [0.2, 0.25) is 0 Å². The highest BCUT2D eigenvalue weighted by Crippen LogP contribution is 2.37. The molecular formula is C14H24N2O5. The molecule has 2 heterocycles. The van der Waals surface area contributed by atoms with Crippen molar-refractivity contribution >= 4 is 11.9 Å². The first-order chi connectivity index (χ1) is 9.74. The summed E-state index contributed by atoms with van der Waals surface area (Å²) in [5.41, 5.74) is 6.11. The number of ether oxygens (including phenoxy) is 1. The largest absolute Gasteiger partial charge is 0.478 e. The highest BCUT2D eigenvalue weighted by molar-refractivity contribution is 5.89. The molecule has 2 atom stereocenters. The lowest BCUT2D eigenvalue weighted by Gasteiger charge is -2.37. The summed E-state index contributed by atoms with van der Waals surface area (Å²) < 4.78 is 6.00. The first kappa shape index (κ1) is 17.6. The number of rotatable bonds is 2. The van der Waals surface area contributed by atoms with Crippen LogP contribution >= 0.6 is 0 Å². The monoisotopic (exact) mass is 300 g/mol. The molecule has 0 bridgehead atoms. The van der Waals surface area contributed by atoms with Crippen LogP contribution in [-0.2, 0) is 14.3 Å². The number of piperidine rings is 1. The number of nitrogens with zero attached hydrogens (tertiary/aromatic N) is 1. The number of hydrogen-bond donors (Lipinski definition) is 3. The van der Waals surface area contributed by atoms with Gasteiger partial charge >= 0.3 is 11.9 Å². The number of carboxylic acids is 2. The maximum absolute atomic E-state index is 9.55. The Balaban J connectivity index is 0.000000240.